The Balaban J connectivity index is 1.72. The zero-order valence-corrected chi connectivity index (χ0v) is 19.8. The van der Waals surface area contributed by atoms with Gasteiger partial charge in [-0.1, -0.05) is 29.8 Å². The van der Waals surface area contributed by atoms with Crippen LogP contribution in [-0.4, -0.2) is 24.6 Å². The Kier molecular flexibility index (Phi) is 5.00. The molecule has 2 aliphatic rings. The number of rotatable bonds is 5. The molecule has 7 nitrogen and oxygen atoms in total. The molecule has 4 rings (SSSR count). The van der Waals surface area contributed by atoms with Crippen LogP contribution >= 0.6 is 15.9 Å². The molecule has 166 valence electrons. The van der Waals surface area contributed by atoms with Gasteiger partial charge in [0.15, 0.2) is 5.43 Å². The largest absolute Gasteiger partial charge is 0.496 e. The van der Waals surface area contributed by atoms with Crippen LogP contribution in [0.15, 0.2) is 27.4 Å². The van der Waals surface area contributed by atoms with Crippen molar-refractivity contribution in [1.29, 1.82) is 0 Å². The van der Waals surface area contributed by atoms with Crippen molar-refractivity contribution in [2.75, 3.05) is 7.11 Å². The van der Waals surface area contributed by atoms with Crippen molar-refractivity contribution in [3.05, 3.63) is 39.7 Å². The van der Waals surface area contributed by atoms with Crippen LogP contribution in [0.25, 0.3) is 11.0 Å². The molecule has 1 aliphatic heterocycles. The number of fused-ring (bicyclic) bond motifs is 3. The van der Waals surface area contributed by atoms with Gasteiger partial charge >= 0.3 is 11.9 Å². The molecule has 0 N–H and O–H groups in total. The molecule has 0 radical (unpaired) electrons. The minimum atomic E-state index is -1.33. The molecular weight excluding hydrogens is 468 g/mol. The Labute approximate surface area is 188 Å². The average molecular weight is 493 g/mol. The summed E-state index contributed by atoms with van der Waals surface area (Å²) in [6.45, 7) is 7.23. The fourth-order valence-electron chi connectivity index (χ4n) is 4.76. The lowest BCUT2D eigenvalue weighted by Crippen LogP contribution is -2.48. The van der Waals surface area contributed by atoms with Crippen molar-refractivity contribution < 1.29 is 28.2 Å². The Morgan fingerprint density at radius 1 is 1.23 bits per heavy atom. The van der Waals surface area contributed by atoms with Gasteiger partial charge in [-0.2, -0.15) is 0 Å². The highest BCUT2D eigenvalue weighted by Gasteiger charge is 2.76. The van der Waals surface area contributed by atoms with E-state index in [1.807, 2.05) is 27.7 Å². The van der Waals surface area contributed by atoms with Crippen LogP contribution < -0.4 is 10.2 Å². The van der Waals surface area contributed by atoms with E-state index in [0.29, 0.717) is 40.9 Å². The van der Waals surface area contributed by atoms with Gasteiger partial charge in [0.2, 0.25) is 5.60 Å². The normalized spacial score (nSPS) is 27.2. The van der Waals surface area contributed by atoms with Gasteiger partial charge in [0, 0.05) is 11.5 Å². The predicted molar refractivity (Wildman–Crippen MR) is 116 cm³/mol. The number of carbonyl (C=O) groups excluding carboxylic acids is 2. The molecule has 1 aliphatic carbocycles. The molecule has 1 unspecified atom stereocenters. The SMILES string of the molecule is COc1ccc2c(=O)cc(C(C)Br)oc2c1COC(=O)[C@@]12CC[C@@](C)(C(=O)O1)C2(C)C. The highest BCUT2D eigenvalue weighted by Crippen LogP contribution is 2.65. The monoisotopic (exact) mass is 492 g/mol. The molecule has 3 atom stereocenters. The summed E-state index contributed by atoms with van der Waals surface area (Å²) in [5.41, 5.74) is -2.21. The van der Waals surface area contributed by atoms with Gasteiger partial charge in [-0.15, -0.1) is 0 Å². The van der Waals surface area contributed by atoms with E-state index in [9.17, 15) is 14.4 Å². The van der Waals surface area contributed by atoms with Crippen LogP contribution in [0.2, 0.25) is 0 Å². The molecule has 2 bridgehead atoms. The molecule has 1 aromatic carbocycles. The Bertz CT molecular complexity index is 1150. The van der Waals surface area contributed by atoms with Gasteiger partial charge in [-0.25, -0.2) is 4.79 Å². The quantitative estimate of drug-likeness (QED) is 0.450. The molecule has 1 saturated heterocycles. The maximum absolute atomic E-state index is 13.2. The third kappa shape index (κ3) is 2.87. The van der Waals surface area contributed by atoms with Crippen LogP contribution in [-0.2, 0) is 25.7 Å². The minimum absolute atomic E-state index is 0.181. The molecule has 1 aromatic heterocycles. The van der Waals surface area contributed by atoms with Gasteiger partial charge < -0.3 is 18.6 Å². The van der Waals surface area contributed by atoms with Crippen molar-refractivity contribution in [3.63, 3.8) is 0 Å². The lowest BCUT2D eigenvalue weighted by atomic mass is 9.66. The van der Waals surface area contributed by atoms with E-state index in [0.717, 1.165) is 0 Å². The zero-order valence-electron chi connectivity index (χ0n) is 18.2. The predicted octanol–water partition coefficient (Wildman–Crippen LogP) is 4.42. The van der Waals surface area contributed by atoms with E-state index >= 15 is 0 Å². The van der Waals surface area contributed by atoms with Crippen LogP contribution in [0.4, 0.5) is 0 Å². The van der Waals surface area contributed by atoms with Gasteiger partial charge in [0.1, 0.15) is 23.7 Å². The van der Waals surface area contributed by atoms with Crippen molar-refractivity contribution in [1.82, 2.24) is 0 Å². The number of halogens is 1. The molecule has 0 spiro atoms. The molecule has 1 saturated carbocycles. The fraction of sp³-hybridized carbons (Fsp3) is 0.522. The first kappa shape index (κ1) is 21.9. The molecule has 0 amide bonds. The first-order chi connectivity index (χ1) is 14.5. The zero-order chi connectivity index (χ0) is 22.8. The van der Waals surface area contributed by atoms with Gasteiger partial charge in [-0.05, 0) is 38.8 Å². The van der Waals surface area contributed by atoms with E-state index in [1.165, 1.54) is 13.2 Å². The summed E-state index contributed by atoms with van der Waals surface area (Å²) in [4.78, 5) is 38.1. The smallest absolute Gasteiger partial charge is 0.351 e. The van der Waals surface area contributed by atoms with E-state index in [2.05, 4.69) is 15.9 Å². The highest BCUT2D eigenvalue weighted by molar-refractivity contribution is 9.09. The molecule has 2 aromatic rings. The lowest BCUT2D eigenvalue weighted by Gasteiger charge is -2.34. The number of ether oxygens (including phenoxy) is 3. The second-order valence-electron chi connectivity index (χ2n) is 9.00. The summed E-state index contributed by atoms with van der Waals surface area (Å²) in [5, 5.41) is 0.364. The second kappa shape index (κ2) is 7.08. The minimum Gasteiger partial charge on any atom is -0.496 e. The van der Waals surface area contributed by atoms with E-state index in [1.54, 1.807) is 12.1 Å². The third-order valence-corrected chi connectivity index (χ3v) is 7.80. The molecule has 2 fully saturated rings. The van der Waals surface area contributed by atoms with E-state index < -0.39 is 22.4 Å². The molecule has 2 heterocycles. The van der Waals surface area contributed by atoms with Crippen molar-refractivity contribution >= 4 is 38.8 Å². The molecule has 31 heavy (non-hydrogen) atoms. The Hall–Kier alpha value is -2.35. The summed E-state index contributed by atoms with van der Waals surface area (Å²) in [7, 11) is 1.49. The van der Waals surface area contributed by atoms with Crippen molar-refractivity contribution in [3.8, 4) is 5.75 Å². The average Bonchev–Trinajstić information content (AvgIpc) is 3.01. The van der Waals surface area contributed by atoms with Crippen LogP contribution in [0, 0.1) is 10.8 Å². The maximum atomic E-state index is 13.2. The van der Waals surface area contributed by atoms with Crippen LogP contribution in [0.3, 0.4) is 0 Å². The molecule has 8 heteroatoms. The first-order valence-electron chi connectivity index (χ1n) is 10.2. The topological polar surface area (TPSA) is 92.0 Å². The standard InChI is InChI=1S/C23H25BrO7/c1-12(24)17-10-15(25)13-6-7-16(28-5)14(18(13)30-17)11-29-20(27)23-9-8-22(4,19(26)31-23)21(23,2)3/h6-7,10,12H,8-9,11H2,1-5H3/t12?,22-,23+/m0/s1. The van der Waals surface area contributed by atoms with Crippen LogP contribution in [0.5, 0.6) is 5.75 Å². The van der Waals surface area contributed by atoms with Gasteiger partial charge in [-0.3, -0.25) is 9.59 Å². The van der Waals surface area contributed by atoms with E-state index in [-0.39, 0.29) is 22.8 Å². The number of hydrogen-bond acceptors (Lipinski definition) is 7. The second-order valence-corrected chi connectivity index (χ2v) is 10.4. The van der Waals surface area contributed by atoms with Gasteiger partial charge in [0.25, 0.3) is 0 Å². The number of carbonyl (C=O) groups is 2. The fourth-order valence-corrected chi connectivity index (χ4v) is 4.98. The Morgan fingerprint density at radius 3 is 2.48 bits per heavy atom. The third-order valence-electron chi connectivity index (χ3n) is 7.35. The number of alkyl halides is 1. The highest BCUT2D eigenvalue weighted by atomic mass is 79.9. The number of benzene rings is 1. The van der Waals surface area contributed by atoms with Gasteiger partial charge in [0.05, 0.1) is 28.3 Å². The first-order valence-corrected chi connectivity index (χ1v) is 11.1. The van der Waals surface area contributed by atoms with Crippen molar-refractivity contribution in [2.45, 2.75) is 57.6 Å². The summed E-state index contributed by atoms with van der Waals surface area (Å²) in [6.07, 6.45) is 0.973. The number of esters is 2. The maximum Gasteiger partial charge on any atom is 0.351 e. The summed E-state index contributed by atoms with van der Waals surface area (Å²) in [6, 6.07) is 4.70. The Morgan fingerprint density at radius 2 is 1.94 bits per heavy atom. The summed E-state index contributed by atoms with van der Waals surface area (Å²) in [5.74, 6) is -0.0857. The summed E-state index contributed by atoms with van der Waals surface area (Å²) < 4.78 is 22.7. The van der Waals surface area contributed by atoms with Crippen molar-refractivity contribution in [2.24, 2.45) is 10.8 Å². The summed E-state index contributed by atoms with van der Waals surface area (Å²) >= 11 is 3.42. The number of methoxy groups -OCH3 is 1. The van der Waals surface area contributed by atoms with Crippen LogP contribution in [0.1, 0.15) is 56.7 Å². The lowest BCUT2D eigenvalue weighted by molar-refractivity contribution is -0.184. The molecular formula is C23H25BrO7. The number of hydrogen-bond donors (Lipinski definition) is 0. The van der Waals surface area contributed by atoms with E-state index in [4.69, 9.17) is 18.6 Å².